The molecule has 0 aliphatic carbocycles. The Balaban J connectivity index is 2.15. The van der Waals surface area contributed by atoms with E-state index in [0.29, 0.717) is 11.6 Å². The Morgan fingerprint density at radius 2 is 1.83 bits per heavy atom. The van der Waals surface area contributed by atoms with Gasteiger partial charge >= 0.3 is 0 Å². The molecule has 2 rings (SSSR count). The quantitative estimate of drug-likeness (QED) is 0.394. The number of hydrogen-bond donors (Lipinski definition) is 1. The van der Waals surface area contributed by atoms with Gasteiger partial charge in [-0.2, -0.15) is 0 Å². The summed E-state index contributed by atoms with van der Waals surface area (Å²) in [5.74, 6) is -1.24. The third kappa shape index (κ3) is 8.81. The molecule has 192 valence electrons. The molecule has 2 aromatic rings. The van der Waals surface area contributed by atoms with Crippen LogP contribution in [0.4, 0.5) is 10.1 Å². The highest BCUT2D eigenvalue weighted by molar-refractivity contribution is 7.92. The average molecular weight is 526 g/mol. The number of carbonyl (C=O) groups is 2. The van der Waals surface area contributed by atoms with Crippen LogP contribution in [0, 0.1) is 5.82 Å². The molecule has 1 N–H and O–H groups in total. The molecule has 0 aromatic heterocycles. The van der Waals surface area contributed by atoms with Gasteiger partial charge in [-0.25, -0.2) is 12.8 Å². The van der Waals surface area contributed by atoms with Gasteiger partial charge in [-0.15, -0.1) is 0 Å². The predicted molar refractivity (Wildman–Crippen MR) is 137 cm³/mol. The first kappa shape index (κ1) is 28.6. The summed E-state index contributed by atoms with van der Waals surface area (Å²) in [4.78, 5) is 27.4. The molecule has 2 aromatic carbocycles. The second kappa shape index (κ2) is 13.4. The van der Waals surface area contributed by atoms with Crippen molar-refractivity contribution < 1.29 is 22.4 Å². The lowest BCUT2D eigenvalue weighted by Gasteiger charge is -2.29. The minimum Gasteiger partial charge on any atom is -0.354 e. The van der Waals surface area contributed by atoms with E-state index < -0.39 is 21.9 Å². The van der Waals surface area contributed by atoms with E-state index in [2.05, 4.69) is 5.32 Å². The van der Waals surface area contributed by atoms with Crippen LogP contribution in [0.3, 0.4) is 0 Å². The largest absolute Gasteiger partial charge is 0.354 e. The zero-order valence-electron chi connectivity index (χ0n) is 20.3. The van der Waals surface area contributed by atoms with Crippen molar-refractivity contribution in [3.63, 3.8) is 0 Å². The summed E-state index contributed by atoms with van der Waals surface area (Å²) >= 11 is 6.09. The lowest BCUT2D eigenvalue weighted by atomic mass is 10.1. The smallest absolute Gasteiger partial charge is 0.242 e. The number of hydrogen-bond acceptors (Lipinski definition) is 4. The predicted octanol–water partition coefficient (Wildman–Crippen LogP) is 4.36. The van der Waals surface area contributed by atoms with Crippen molar-refractivity contribution in [2.75, 3.05) is 23.7 Å². The number of amides is 2. The number of halogens is 2. The van der Waals surface area contributed by atoms with Crippen LogP contribution in [0.15, 0.2) is 48.5 Å². The Labute approximate surface area is 212 Å². The molecule has 1 atom stereocenters. The fraction of sp³-hybridized carbons (Fsp3) is 0.440. The Kier molecular flexibility index (Phi) is 11.0. The van der Waals surface area contributed by atoms with Crippen LogP contribution in [-0.2, 0) is 26.2 Å². The number of benzene rings is 2. The van der Waals surface area contributed by atoms with Gasteiger partial charge in [0.15, 0.2) is 0 Å². The van der Waals surface area contributed by atoms with Crippen LogP contribution in [0.25, 0.3) is 0 Å². The standard InChI is InChI=1S/C25H33ClFN3O4S/c1-4-5-15-28-25(32)19(2)29(18-20-10-8-11-21(26)17-20)24(31)14-9-16-30(35(3,33)34)23-13-7-6-12-22(23)27/h6-8,10-13,17,19H,4-5,9,14-16,18H2,1-3H3,(H,28,32)/t19-/m0/s1. The van der Waals surface area contributed by atoms with Crippen LogP contribution in [0.2, 0.25) is 5.02 Å². The van der Waals surface area contributed by atoms with Crippen molar-refractivity contribution in [1.82, 2.24) is 10.2 Å². The van der Waals surface area contributed by atoms with Crippen molar-refractivity contribution in [2.45, 2.75) is 52.1 Å². The lowest BCUT2D eigenvalue weighted by Crippen LogP contribution is -2.48. The molecule has 0 fully saturated rings. The normalized spacial score (nSPS) is 12.1. The maximum atomic E-state index is 14.2. The zero-order chi connectivity index (χ0) is 26.0. The first-order chi connectivity index (χ1) is 16.5. The minimum atomic E-state index is -3.76. The van der Waals surface area contributed by atoms with E-state index >= 15 is 0 Å². The molecule has 35 heavy (non-hydrogen) atoms. The first-order valence-electron chi connectivity index (χ1n) is 11.6. The molecule has 7 nitrogen and oxygen atoms in total. The molecule has 0 saturated carbocycles. The Hall–Kier alpha value is -2.65. The van der Waals surface area contributed by atoms with E-state index in [4.69, 9.17) is 11.6 Å². The number of nitrogens with one attached hydrogen (secondary N) is 1. The lowest BCUT2D eigenvalue weighted by molar-refractivity contribution is -0.140. The Morgan fingerprint density at radius 3 is 2.46 bits per heavy atom. The summed E-state index contributed by atoms with van der Waals surface area (Å²) in [6, 6.07) is 11.9. The molecule has 2 amide bonds. The molecule has 0 radical (unpaired) electrons. The van der Waals surface area contributed by atoms with Gasteiger partial charge in [0, 0.05) is 31.1 Å². The average Bonchev–Trinajstić information content (AvgIpc) is 2.80. The summed E-state index contributed by atoms with van der Waals surface area (Å²) in [6.07, 6.45) is 2.89. The van der Waals surface area contributed by atoms with Crippen molar-refractivity contribution in [1.29, 1.82) is 0 Å². The SMILES string of the molecule is CCCCNC(=O)[C@H](C)N(Cc1cccc(Cl)c1)C(=O)CCCN(c1ccccc1F)S(C)(=O)=O. The fourth-order valence-electron chi connectivity index (χ4n) is 3.59. The second-order valence-corrected chi connectivity index (χ2v) is 10.7. The highest BCUT2D eigenvalue weighted by Crippen LogP contribution is 2.22. The van der Waals surface area contributed by atoms with Gasteiger partial charge in [-0.3, -0.25) is 13.9 Å². The Morgan fingerprint density at radius 1 is 1.11 bits per heavy atom. The van der Waals surface area contributed by atoms with E-state index in [9.17, 15) is 22.4 Å². The molecular formula is C25H33ClFN3O4S. The minimum absolute atomic E-state index is 0.0202. The van der Waals surface area contributed by atoms with Crippen LogP contribution < -0.4 is 9.62 Å². The second-order valence-electron chi connectivity index (χ2n) is 8.36. The summed E-state index contributed by atoms with van der Waals surface area (Å²) in [5, 5.41) is 3.37. The molecule has 10 heteroatoms. The topological polar surface area (TPSA) is 86.8 Å². The highest BCUT2D eigenvalue weighted by Gasteiger charge is 2.27. The van der Waals surface area contributed by atoms with Crippen molar-refractivity contribution in [2.24, 2.45) is 0 Å². The van der Waals surface area contributed by atoms with Crippen LogP contribution >= 0.6 is 11.6 Å². The van der Waals surface area contributed by atoms with Gasteiger partial charge in [0.1, 0.15) is 11.9 Å². The number of unbranched alkanes of at least 4 members (excludes halogenated alkanes) is 1. The van der Waals surface area contributed by atoms with Gasteiger partial charge < -0.3 is 10.2 Å². The molecule has 0 spiro atoms. The van der Waals surface area contributed by atoms with Crippen LogP contribution in [0.1, 0.15) is 45.1 Å². The third-order valence-electron chi connectivity index (χ3n) is 5.51. The fourth-order valence-corrected chi connectivity index (χ4v) is 4.77. The Bertz CT molecular complexity index is 1110. The third-order valence-corrected chi connectivity index (χ3v) is 6.93. The molecule has 0 bridgehead atoms. The number of para-hydroxylation sites is 1. The van der Waals surface area contributed by atoms with Gasteiger partial charge in [0.25, 0.3) is 0 Å². The van der Waals surface area contributed by atoms with Gasteiger partial charge in [0.2, 0.25) is 21.8 Å². The number of anilines is 1. The van der Waals surface area contributed by atoms with Crippen LogP contribution in [-0.4, -0.2) is 50.5 Å². The summed E-state index contributed by atoms with van der Waals surface area (Å²) < 4.78 is 39.8. The molecule has 0 aliphatic heterocycles. The number of sulfonamides is 1. The van der Waals surface area contributed by atoms with Gasteiger partial charge in [-0.05, 0) is 49.6 Å². The molecule has 0 unspecified atom stereocenters. The summed E-state index contributed by atoms with van der Waals surface area (Å²) in [6.45, 7) is 4.29. The molecular weight excluding hydrogens is 493 g/mol. The monoisotopic (exact) mass is 525 g/mol. The number of carbonyl (C=O) groups excluding carboxylic acids is 2. The van der Waals surface area contributed by atoms with E-state index in [-0.39, 0.29) is 43.4 Å². The summed E-state index contributed by atoms with van der Waals surface area (Å²) in [7, 11) is -3.76. The van der Waals surface area contributed by atoms with Gasteiger partial charge in [-0.1, -0.05) is 49.2 Å². The van der Waals surface area contributed by atoms with E-state index in [1.165, 1.54) is 23.1 Å². The maximum absolute atomic E-state index is 14.2. The highest BCUT2D eigenvalue weighted by atomic mass is 35.5. The van der Waals surface area contributed by atoms with Crippen molar-refractivity contribution in [3.8, 4) is 0 Å². The molecule has 0 heterocycles. The van der Waals surface area contributed by atoms with E-state index in [1.807, 2.05) is 13.0 Å². The number of rotatable bonds is 13. The molecule has 0 saturated heterocycles. The number of nitrogens with zero attached hydrogens (tertiary/aromatic N) is 2. The molecule has 0 aliphatic rings. The van der Waals surface area contributed by atoms with E-state index in [0.717, 1.165) is 29.0 Å². The maximum Gasteiger partial charge on any atom is 0.242 e. The van der Waals surface area contributed by atoms with Gasteiger partial charge in [0.05, 0.1) is 11.9 Å². The van der Waals surface area contributed by atoms with Crippen molar-refractivity contribution in [3.05, 3.63) is 64.9 Å². The van der Waals surface area contributed by atoms with Crippen LogP contribution in [0.5, 0.6) is 0 Å². The van der Waals surface area contributed by atoms with Crippen molar-refractivity contribution >= 4 is 39.1 Å². The first-order valence-corrected chi connectivity index (χ1v) is 13.8. The summed E-state index contributed by atoms with van der Waals surface area (Å²) in [5.41, 5.74) is 0.699. The zero-order valence-corrected chi connectivity index (χ0v) is 21.9. The van der Waals surface area contributed by atoms with E-state index in [1.54, 1.807) is 31.2 Å².